The zero-order valence-corrected chi connectivity index (χ0v) is 15.8. The van der Waals surface area contributed by atoms with E-state index in [9.17, 15) is 14.4 Å². The molecule has 0 bridgehead atoms. The van der Waals surface area contributed by atoms with Gasteiger partial charge in [0.15, 0.2) is 19.0 Å². The molecule has 0 fully saturated rings. The van der Waals surface area contributed by atoms with Crippen LogP contribution in [0, 0.1) is 0 Å². The SMILES string of the molecule is CCOC(=O)c1cccc(OCC(=O)c2ccc3c(c2)N(CC)C(=O)CO3)c1. The Morgan fingerprint density at radius 2 is 1.93 bits per heavy atom. The van der Waals surface area contributed by atoms with Crippen LogP contribution in [0.5, 0.6) is 11.5 Å². The van der Waals surface area contributed by atoms with Crippen LogP contribution in [0.2, 0.25) is 0 Å². The average molecular weight is 383 g/mol. The first-order chi connectivity index (χ1) is 13.5. The van der Waals surface area contributed by atoms with Gasteiger partial charge in [0.25, 0.3) is 5.91 Å². The highest BCUT2D eigenvalue weighted by Gasteiger charge is 2.25. The molecular weight excluding hydrogens is 362 g/mol. The number of anilines is 1. The van der Waals surface area contributed by atoms with Crippen molar-refractivity contribution in [1.82, 2.24) is 0 Å². The minimum absolute atomic E-state index is 0.00590. The van der Waals surface area contributed by atoms with Crippen molar-refractivity contribution < 1.29 is 28.6 Å². The first kappa shape index (κ1) is 19.4. The lowest BCUT2D eigenvalue weighted by Gasteiger charge is -2.28. The Bertz CT molecular complexity index is 908. The molecule has 0 atom stereocenters. The number of ketones is 1. The third kappa shape index (κ3) is 4.14. The summed E-state index contributed by atoms with van der Waals surface area (Å²) in [7, 11) is 0. The maximum Gasteiger partial charge on any atom is 0.338 e. The number of carbonyl (C=O) groups is 3. The summed E-state index contributed by atoms with van der Waals surface area (Å²) < 4.78 is 15.9. The second kappa shape index (κ2) is 8.56. The van der Waals surface area contributed by atoms with Crippen LogP contribution in [0.3, 0.4) is 0 Å². The molecule has 0 spiro atoms. The second-order valence-corrected chi connectivity index (χ2v) is 6.07. The van der Waals surface area contributed by atoms with Crippen LogP contribution in [0.25, 0.3) is 0 Å². The van der Waals surface area contributed by atoms with Gasteiger partial charge in [-0.15, -0.1) is 0 Å². The summed E-state index contributed by atoms with van der Waals surface area (Å²) in [6.45, 7) is 4.15. The molecule has 0 N–H and O–H groups in total. The number of fused-ring (bicyclic) bond motifs is 1. The van der Waals surface area contributed by atoms with Crippen molar-refractivity contribution in [3.8, 4) is 11.5 Å². The van der Waals surface area contributed by atoms with Crippen LogP contribution in [0.15, 0.2) is 42.5 Å². The predicted molar refractivity (Wildman–Crippen MR) is 102 cm³/mol. The highest BCUT2D eigenvalue weighted by Crippen LogP contribution is 2.33. The van der Waals surface area contributed by atoms with Gasteiger partial charge in [-0.3, -0.25) is 9.59 Å². The molecule has 0 saturated carbocycles. The van der Waals surface area contributed by atoms with Gasteiger partial charge in [0.1, 0.15) is 11.5 Å². The third-order valence-corrected chi connectivity index (χ3v) is 4.26. The predicted octanol–water partition coefficient (Wildman–Crippen LogP) is 2.87. The van der Waals surface area contributed by atoms with Crippen molar-refractivity contribution in [2.24, 2.45) is 0 Å². The molecule has 0 aliphatic carbocycles. The van der Waals surface area contributed by atoms with Gasteiger partial charge in [-0.05, 0) is 50.2 Å². The molecule has 0 unspecified atom stereocenters. The van der Waals surface area contributed by atoms with Crippen molar-refractivity contribution in [3.05, 3.63) is 53.6 Å². The van der Waals surface area contributed by atoms with E-state index in [-0.39, 0.29) is 31.5 Å². The summed E-state index contributed by atoms with van der Waals surface area (Å²) >= 11 is 0. The summed E-state index contributed by atoms with van der Waals surface area (Å²) in [5.74, 6) is 0.120. The lowest BCUT2D eigenvalue weighted by atomic mass is 10.1. The monoisotopic (exact) mass is 383 g/mol. The first-order valence-corrected chi connectivity index (χ1v) is 9.03. The van der Waals surface area contributed by atoms with Gasteiger partial charge in [0.05, 0.1) is 17.9 Å². The molecule has 1 heterocycles. The van der Waals surface area contributed by atoms with Gasteiger partial charge >= 0.3 is 5.97 Å². The quantitative estimate of drug-likeness (QED) is 0.540. The molecule has 0 radical (unpaired) electrons. The normalized spacial score (nSPS) is 12.8. The van der Waals surface area contributed by atoms with E-state index in [0.717, 1.165) is 0 Å². The van der Waals surface area contributed by atoms with Crippen molar-refractivity contribution in [2.75, 3.05) is 31.3 Å². The Labute approximate surface area is 162 Å². The lowest BCUT2D eigenvalue weighted by Crippen LogP contribution is -2.38. The van der Waals surface area contributed by atoms with Crippen LogP contribution in [-0.2, 0) is 9.53 Å². The van der Waals surface area contributed by atoms with E-state index in [1.165, 1.54) is 6.07 Å². The van der Waals surface area contributed by atoms with E-state index in [4.69, 9.17) is 14.2 Å². The molecule has 1 aliphatic heterocycles. The molecule has 1 amide bonds. The molecular formula is C21H21NO6. The van der Waals surface area contributed by atoms with Gasteiger partial charge in [0, 0.05) is 12.1 Å². The Balaban J connectivity index is 1.71. The fraction of sp³-hybridized carbons (Fsp3) is 0.286. The molecule has 7 heteroatoms. The Morgan fingerprint density at radius 3 is 2.68 bits per heavy atom. The summed E-state index contributed by atoms with van der Waals surface area (Å²) in [6, 6.07) is 11.4. The van der Waals surface area contributed by atoms with Crippen molar-refractivity contribution in [1.29, 1.82) is 0 Å². The fourth-order valence-corrected chi connectivity index (χ4v) is 2.88. The molecule has 2 aromatic carbocycles. The van der Waals surface area contributed by atoms with E-state index in [0.29, 0.717) is 34.9 Å². The number of hydrogen-bond acceptors (Lipinski definition) is 6. The Hall–Kier alpha value is -3.35. The van der Waals surface area contributed by atoms with Crippen LogP contribution in [0.4, 0.5) is 5.69 Å². The largest absolute Gasteiger partial charge is 0.485 e. The van der Waals surface area contributed by atoms with Crippen molar-refractivity contribution in [2.45, 2.75) is 13.8 Å². The number of ether oxygens (including phenoxy) is 3. The first-order valence-electron chi connectivity index (χ1n) is 9.03. The number of likely N-dealkylation sites (N-methyl/N-ethyl adjacent to an activating group) is 1. The van der Waals surface area contributed by atoms with Gasteiger partial charge < -0.3 is 19.1 Å². The third-order valence-electron chi connectivity index (χ3n) is 4.26. The second-order valence-electron chi connectivity index (χ2n) is 6.07. The maximum absolute atomic E-state index is 12.5. The molecule has 7 nitrogen and oxygen atoms in total. The zero-order valence-electron chi connectivity index (χ0n) is 15.8. The summed E-state index contributed by atoms with van der Waals surface area (Å²) in [5, 5.41) is 0. The number of hydrogen-bond donors (Lipinski definition) is 0. The minimum Gasteiger partial charge on any atom is -0.485 e. The molecule has 146 valence electrons. The number of benzene rings is 2. The van der Waals surface area contributed by atoms with Crippen LogP contribution in [0.1, 0.15) is 34.6 Å². The maximum atomic E-state index is 12.5. The Kier molecular flexibility index (Phi) is 5.93. The highest BCUT2D eigenvalue weighted by molar-refractivity contribution is 6.02. The van der Waals surface area contributed by atoms with Gasteiger partial charge in [-0.25, -0.2) is 4.79 Å². The van der Waals surface area contributed by atoms with Crippen molar-refractivity contribution in [3.63, 3.8) is 0 Å². The van der Waals surface area contributed by atoms with E-state index in [1.54, 1.807) is 48.2 Å². The molecule has 1 aliphatic rings. The van der Waals surface area contributed by atoms with Gasteiger partial charge in [0.2, 0.25) is 0 Å². The van der Waals surface area contributed by atoms with E-state index in [1.807, 2.05) is 6.92 Å². The average Bonchev–Trinajstić information content (AvgIpc) is 2.72. The van der Waals surface area contributed by atoms with Crippen LogP contribution < -0.4 is 14.4 Å². The number of Topliss-reactive ketones (excluding diaryl/α,β-unsaturated/α-hetero) is 1. The van der Waals surface area contributed by atoms with Crippen molar-refractivity contribution >= 4 is 23.3 Å². The zero-order chi connectivity index (χ0) is 20.1. The van der Waals surface area contributed by atoms with E-state index in [2.05, 4.69) is 0 Å². The molecule has 0 saturated heterocycles. The minimum atomic E-state index is -0.446. The lowest BCUT2D eigenvalue weighted by molar-refractivity contribution is -0.121. The summed E-state index contributed by atoms with van der Waals surface area (Å²) in [6.07, 6.45) is 0. The smallest absolute Gasteiger partial charge is 0.338 e. The summed E-state index contributed by atoms with van der Waals surface area (Å²) in [5.41, 5.74) is 1.35. The van der Waals surface area contributed by atoms with Gasteiger partial charge in [-0.1, -0.05) is 6.07 Å². The standard InChI is InChI=1S/C21H21NO6/c1-3-22-17-11-14(8-9-19(17)28-13-20(22)24)18(23)12-27-16-7-5-6-15(10-16)21(25)26-4-2/h5-11H,3-4,12-13H2,1-2H3. The molecule has 28 heavy (non-hydrogen) atoms. The molecule has 0 aromatic heterocycles. The number of esters is 1. The van der Waals surface area contributed by atoms with Crippen LogP contribution in [-0.4, -0.2) is 44.0 Å². The number of nitrogens with zero attached hydrogens (tertiary/aromatic N) is 1. The van der Waals surface area contributed by atoms with Crippen LogP contribution >= 0.6 is 0 Å². The molecule has 2 aromatic rings. The number of carbonyl (C=O) groups excluding carboxylic acids is 3. The molecule has 3 rings (SSSR count). The number of rotatable bonds is 7. The van der Waals surface area contributed by atoms with Gasteiger partial charge in [-0.2, -0.15) is 0 Å². The topological polar surface area (TPSA) is 82.1 Å². The fourth-order valence-electron chi connectivity index (χ4n) is 2.88. The summed E-state index contributed by atoms with van der Waals surface area (Å²) in [4.78, 5) is 37.9. The number of amides is 1. The highest BCUT2D eigenvalue weighted by atomic mass is 16.5. The van der Waals surface area contributed by atoms with E-state index >= 15 is 0 Å². The van der Waals surface area contributed by atoms with E-state index < -0.39 is 5.97 Å². The Morgan fingerprint density at radius 1 is 1.11 bits per heavy atom.